The Morgan fingerprint density at radius 1 is 1.32 bits per heavy atom. The lowest BCUT2D eigenvalue weighted by molar-refractivity contribution is -0.385. The summed E-state index contributed by atoms with van der Waals surface area (Å²) in [4.78, 5) is 36.2. The van der Waals surface area contributed by atoms with Gasteiger partial charge in [0.2, 0.25) is 11.8 Å². The molecule has 0 fully saturated rings. The molecule has 9 nitrogen and oxygen atoms in total. The van der Waals surface area contributed by atoms with Gasteiger partial charge < -0.3 is 10.2 Å². The Kier molecular flexibility index (Phi) is 5.16. The van der Waals surface area contributed by atoms with Crippen molar-refractivity contribution < 1.29 is 14.5 Å². The number of rotatable bonds is 6. The fourth-order valence-electron chi connectivity index (χ4n) is 2.29. The zero-order valence-electron chi connectivity index (χ0n) is 14.2. The number of nitrogens with zero attached hydrogens (tertiary/aromatic N) is 4. The summed E-state index contributed by atoms with van der Waals surface area (Å²) in [5, 5.41) is 17.3. The van der Waals surface area contributed by atoms with E-state index in [0.717, 1.165) is 6.20 Å². The van der Waals surface area contributed by atoms with E-state index in [0.29, 0.717) is 5.69 Å². The molecule has 2 amide bonds. The first-order chi connectivity index (χ1) is 11.7. The van der Waals surface area contributed by atoms with Crippen molar-refractivity contribution in [3.63, 3.8) is 0 Å². The number of aromatic nitrogens is 2. The summed E-state index contributed by atoms with van der Waals surface area (Å²) in [5.41, 5.74) is -0.739. The monoisotopic (exact) mass is 345 g/mol. The molecule has 132 valence electrons. The van der Waals surface area contributed by atoms with Crippen LogP contribution in [-0.2, 0) is 15.1 Å². The summed E-state index contributed by atoms with van der Waals surface area (Å²) in [6.45, 7) is 3.01. The van der Waals surface area contributed by atoms with Gasteiger partial charge in [0, 0.05) is 12.7 Å². The van der Waals surface area contributed by atoms with Crippen LogP contribution in [0.4, 0.5) is 11.4 Å². The molecule has 0 atom stereocenters. The van der Waals surface area contributed by atoms with Gasteiger partial charge in [-0.25, -0.2) is 0 Å². The third kappa shape index (κ3) is 4.19. The van der Waals surface area contributed by atoms with Gasteiger partial charge in [0.05, 0.1) is 11.5 Å². The molecule has 0 aliphatic heterocycles. The number of carbonyl (C=O) groups excluding carboxylic acids is 2. The molecule has 1 aromatic heterocycles. The minimum atomic E-state index is -1.17. The maximum atomic E-state index is 12.6. The van der Waals surface area contributed by atoms with Crippen molar-refractivity contribution in [3.8, 4) is 0 Å². The van der Waals surface area contributed by atoms with Gasteiger partial charge >= 0.3 is 5.69 Å². The quantitative estimate of drug-likeness (QED) is 0.632. The van der Waals surface area contributed by atoms with Crippen molar-refractivity contribution in [1.82, 2.24) is 14.7 Å². The predicted molar refractivity (Wildman–Crippen MR) is 90.9 cm³/mol. The summed E-state index contributed by atoms with van der Waals surface area (Å²) in [6.07, 6.45) is 2.27. The number of benzene rings is 1. The van der Waals surface area contributed by atoms with Crippen LogP contribution in [0.5, 0.6) is 0 Å². The molecular formula is C16H19N5O4. The molecule has 0 spiro atoms. The Morgan fingerprint density at radius 2 is 1.96 bits per heavy atom. The number of nitrogens with one attached hydrogen (secondary N) is 1. The number of carbonyl (C=O) groups is 2. The molecule has 0 radical (unpaired) electrons. The minimum Gasteiger partial charge on any atom is -0.334 e. The van der Waals surface area contributed by atoms with Crippen LogP contribution >= 0.6 is 0 Å². The zero-order chi connectivity index (χ0) is 18.6. The normalized spacial score (nSPS) is 11.0. The van der Waals surface area contributed by atoms with E-state index in [9.17, 15) is 19.7 Å². The Labute approximate surface area is 144 Å². The summed E-state index contributed by atoms with van der Waals surface area (Å²) >= 11 is 0. The maximum absolute atomic E-state index is 12.6. The van der Waals surface area contributed by atoms with Gasteiger partial charge in [-0.2, -0.15) is 5.10 Å². The lowest BCUT2D eigenvalue weighted by Crippen LogP contribution is -2.47. The van der Waals surface area contributed by atoms with Crippen LogP contribution in [0, 0.1) is 10.1 Å². The van der Waals surface area contributed by atoms with Crippen LogP contribution in [0.2, 0.25) is 0 Å². The highest BCUT2D eigenvalue weighted by atomic mass is 16.6. The lowest BCUT2D eigenvalue weighted by atomic mass is 10.0. The maximum Gasteiger partial charge on any atom is 0.307 e. The first-order valence-corrected chi connectivity index (χ1v) is 7.52. The molecule has 0 unspecified atom stereocenters. The number of nitro groups is 1. The predicted octanol–water partition coefficient (Wildman–Crippen LogP) is 1.62. The Bertz CT molecular complexity index is 785. The van der Waals surface area contributed by atoms with Gasteiger partial charge in [-0.3, -0.25) is 24.4 Å². The zero-order valence-corrected chi connectivity index (χ0v) is 14.2. The van der Waals surface area contributed by atoms with Crippen molar-refractivity contribution in [2.75, 3.05) is 18.9 Å². The van der Waals surface area contributed by atoms with E-state index in [4.69, 9.17) is 0 Å². The average Bonchev–Trinajstić information content (AvgIpc) is 3.06. The molecule has 0 aliphatic rings. The van der Waals surface area contributed by atoms with E-state index < -0.39 is 16.4 Å². The molecule has 1 heterocycles. The van der Waals surface area contributed by atoms with Crippen LogP contribution < -0.4 is 5.32 Å². The van der Waals surface area contributed by atoms with Crippen LogP contribution in [0.15, 0.2) is 42.7 Å². The van der Waals surface area contributed by atoms with Gasteiger partial charge in [0.15, 0.2) is 0 Å². The van der Waals surface area contributed by atoms with Gasteiger partial charge in [-0.15, -0.1) is 0 Å². The molecule has 25 heavy (non-hydrogen) atoms. The molecule has 2 aromatic rings. The van der Waals surface area contributed by atoms with Crippen molar-refractivity contribution in [3.05, 3.63) is 52.8 Å². The summed E-state index contributed by atoms with van der Waals surface area (Å²) in [5.74, 6) is -0.738. The van der Waals surface area contributed by atoms with Crippen molar-refractivity contribution in [1.29, 1.82) is 0 Å². The number of para-hydroxylation sites is 1. The van der Waals surface area contributed by atoms with Gasteiger partial charge in [-0.05, 0) is 26.0 Å². The minimum absolute atomic E-state index is 0.152. The van der Waals surface area contributed by atoms with Crippen LogP contribution in [0.1, 0.15) is 13.8 Å². The van der Waals surface area contributed by atoms with Crippen molar-refractivity contribution >= 4 is 23.2 Å². The van der Waals surface area contributed by atoms with Gasteiger partial charge in [-0.1, -0.05) is 18.2 Å². The Balaban J connectivity index is 2.04. The van der Waals surface area contributed by atoms with E-state index in [1.807, 2.05) is 6.07 Å². The second-order valence-corrected chi connectivity index (χ2v) is 6.03. The molecule has 0 saturated heterocycles. The van der Waals surface area contributed by atoms with E-state index >= 15 is 0 Å². The summed E-state index contributed by atoms with van der Waals surface area (Å²) in [6, 6.07) is 8.90. The Hall–Kier alpha value is -3.23. The smallest absolute Gasteiger partial charge is 0.307 e. The first-order valence-electron chi connectivity index (χ1n) is 7.52. The standard InChI is InChI=1S/C16H19N5O4/c1-16(2,20-10-13(9-17-20)21(24)25)15(23)19(3)11-14(22)18-12-7-5-4-6-8-12/h4-10H,11H2,1-3H3,(H,18,22). The Morgan fingerprint density at radius 3 is 2.52 bits per heavy atom. The third-order valence-corrected chi connectivity index (χ3v) is 3.66. The van der Waals surface area contributed by atoms with Crippen LogP contribution in [0.25, 0.3) is 0 Å². The van der Waals surface area contributed by atoms with E-state index in [-0.39, 0.29) is 18.1 Å². The van der Waals surface area contributed by atoms with E-state index in [1.165, 1.54) is 22.8 Å². The molecule has 0 bridgehead atoms. The van der Waals surface area contributed by atoms with E-state index in [1.54, 1.807) is 38.1 Å². The van der Waals surface area contributed by atoms with Gasteiger partial charge in [0.25, 0.3) is 0 Å². The summed E-state index contributed by atoms with van der Waals surface area (Å²) < 4.78 is 1.22. The highest BCUT2D eigenvalue weighted by Crippen LogP contribution is 2.20. The van der Waals surface area contributed by atoms with Gasteiger partial charge in [0.1, 0.15) is 17.9 Å². The third-order valence-electron chi connectivity index (χ3n) is 3.66. The molecule has 2 rings (SSSR count). The number of amides is 2. The fourth-order valence-corrected chi connectivity index (χ4v) is 2.29. The number of anilines is 1. The molecule has 1 N–H and O–H groups in total. The molecule has 1 aromatic carbocycles. The van der Waals surface area contributed by atoms with Crippen molar-refractivity contribution in [2.45, 2.75) is 19.4 Å². The molecule has 0 saturated carbocycles. The summed E-state index contributed by atoms with van der Waals surface area (Å²) in [7, 11) is 1.49. The number of likely N-dealkylation sites (N-methyl/N-ethyl adjacent to an activating group) is 1. The molecule has 9 heteroatoms. The molecular weight excluding hydrogens is 326 g/mol. The molecule has 0 aliphatic carbocycles. The lowest BCUT2D eigenvalue weighted by Gasteiger charge is -2.29. The fraction of sp³-hybridized carbons (Fsp3) is 0.312. The SMILES string of the molecule is CN(CC(=O)Nc1ccccc1)C(=O)C(C)(C)n1cc([N+](=O)[O-])cn1. The van der Waals surface area contributed by atoms with E-state index in [2.05, 4.69) is 10.4 Å². The van der Waals surface area contributed by atoms with Crippen LogP contribution in [0.3, 0.4) is 0 Å². The second-order valence-electron chi connectivity index (χ2n) is 6.03. The number of hydrogen-bond donors (Lipinski definition) is 1. The first kappa shape index (κ1) is 18.1. The topological polar surface area (TPSA) is 110 Å². The number of hydrogen-bond acceptors (Lipinski definition) is 5. The van der Waals surface area contributed by atoms with Crippen LogP contribution in [-0.4, -0.2) is 45.0 Å². The average molecular weight is 345 g/mol. The van der Waals surface area contributed by atoms with Crippen molar-refractivity contribution in [2.24, 2.45) is 0 Å². The largest absolute Gasteiger partial charge is 0.334 e. The second kappa shape index (κ2) is 7.12. The highest BCUT2D eigenvalue weighted by Gasteiger charge is 2.35. The highest BCUT2D eigenvalue weighted by molar-refractivity contribution is 5.95.